The van der Waals surface area contributed by atoms with E-state index < -0.39 is 17.4 Å². The average molecular weight is 360 g/mol. The molecule has 4 heterocycles. The van der Waals surface area contributed by atoms with E-state index in [0.717, 1.165) is 5.69 Å². The number of amides is 2. The van der Waals surface area contributed by atoms with Crippen LogP contribution in [-0.4, -0.2) is 76.9 Å². The summed E-state index contributed by atoms with van der Waals surface area (Å²) in [6.07, 6.45) is 5.24. The van der Waals surface area contributed by atoms with Crippen molar-refractivity contribution in [2.24, 2.45) is 11.8 Å². The number of carbonyl (C=O) groups is 2. The van der Waals surface area contributed by atoms with Crippen LogP contribution in [0.15, 0.2) is 24.4 Å². The zero-order chi connectivity index (χ0) is 18.3. The summed E-state index contributed by atoms with van der Waals surface area (Å²) in [7, 11) is 1.75. The summed E-state index contributed by atoms with van der Waals surface area (Å²) in [5, 5.41) is 6.77. The predicted molar refractivity (Wildman–Crippen MR) is 91.9 cm³/mol. The standard InChI is InChI=1S/C18H24N4O4/c1-3-25-9-8-22-11-18-6-4-13(26-18)14(15(18)17(22)24)16(23)21(2)10-12-5-7-19-20-12/h4-7,13-15H,3,8-11H2,1-2H3,(H,19,20)/t13-,14+,15+,18-/m0/s1. The van der Waals surface area contributed by atoms with Crippen molar-refractivity contribution in [1.82, 2.24) is 20.0 Å². The normalized spacial score (nSPS) is 31.7. The van der Waals surface area contributed by atoms with Crippen molar-refractivity contribution in [3.8, 4) is 0 Å². The van der Waals surface area contributed by atoms with Gasteiger partial charge in [-0.25, -0.2) is 0 Å². The highest BCUT2D eigenvalue weighted by molar-refractivity contribution is 5.93. The highest BCUT2D eigenvalue weighted by Gasteiger charge is 2.66. The lowest BCUT2D eigenvalue weighted by atomic mass is 9.76. The second kappa shape index (κ2) is 6.51. The fourth-order valence-corrected chi connectivity index (χ4v) is 4.33. The van der Waals surface area contributed by atoms with Crippen molar-refractivity contribution in [2.75, 3.05) is 33.4 Å². The monoisotopic (exact) mass is 360 g/mol. The SMILES string of the molecule is CCOCCN1C[C@]23C=C[C@H](O2)[C@@H](C(=O)N(C)Cc2ccn[nH]2)[C@@H]3C1=O. The molecule has 0 aliphatic carbocycles. The zero-order valence-corrected chi connectivity index (χ0v) is 15.1. The molecule has 0 unspecified atom stereocenters. The molecule has 1 aromatic rings. The van der Waals surface area contributed by atoms with Crippen LogP contribution in [0.5, 0.6) is 0 Å². The molecule has 140 valence electrons. The number of nitrogens with one attached hydrogen (secondary N) is 1. The van der Waals surface area contributed by atoms with Crippen LogP contribution in [0.3, 0.4) is 0 Å². The van der Waals surface area contributed by atoms with Crippen molar-refractivity contribution < 1.29 is 19.1 Å². The van der Waals surface area contributed by atoms with E-state index in [4.69, 9.17) is 9.47 Å². The van der Waals surface area contributed by atoms with Crippen molar-refractivity contribution in [3.05, 3.63) is 30.1 Å². The Hall–Kier alpha value is -2.19. The van der Waals surface area contributed by atoms with Crippen LogP contribution in [0.1, 0.15) is 12.6 Å². The molecule has 2 amide bonds. The highest BCUT2D eigenvalue weighted by atomic mass is 16.5. The fourth-order valence-electron chi connectivity index (χ4n) is 4.33. The maximum atomic E-state index is 13.1. The molecule has 0 aromatic carbocycles. The van der Waals surface area contributed by atoms with Gasteiger partial charge in [-0.05, 0) is 13.0 Å². The quantitative estimate of drug-likeness (QED) is 0.554. The third-order valence-corrected chi connectivity index (χ3v) is 5.52. The molecule has 2 fully saturated rings. The van der Waals surface area contributed by atoms with Gasteiger partial charge in [0, 0.05) is 26.4 Å². The summed E-state index contributed by atoms with van der Waals surface area (Å²) in [6, 6.07) is 1.83. The number of hydrogen-bond donors (Lipinski definition) is 1. The van der Waals surface area contributed by atoms with Crippen molar-refractivity contribution in [1.29, 1.82) is 0 Å². The first-order valence-corrected chi connectivity index (χ1v) is 9.02. The van der Waals surface area contributed by atoms with Gasteiger partial charge in [-0.3, -0.25) is 14.7 Å². The van der Waals surface area contributed by atoms with Gasteiger partial charge in [-0.2, -0.15) is 5.10 Å². The second-order valence-electron chi connectivity index (χ2n) is 7.13. The predicted octanol–water partition coefficient (Wildman–Crippen LogP) is 0.187. The summed E-state index contributed by atoms with van der Waals surface area (Å²) < 4.78 is 11.5. The molecule has 0 radical (unpaired) electrons. The minimum atomic E-state index is -0.664. The van der Waals surface area contributed by atoms with Gasteiger partial charge in [0.2, 0.25) is 11.8 Å². The molecule has 3 aliphatic heterocycles. The Bertz CT molecular complexity index is 719. The smallest absolute Gasteiger partial charge is 0.230 e. The van der Waals surface area contributed by atoms with Gasteiger partial charge < -0.3 is 19.3 Å². The van der Waals surface area contributed by atoms with Crippen molar-refractivity contribution in [3.63, 3.8) is 0 Å². The Kier molecular flexibility index (Phi) is 4.32. The number of ether oxygens (including phenoxy) is 2. The zero-order valence-electron chi connectivity index (χ0n) is 15.1. The third-order valence-electron chi connectivity index (χ3n) is 5.52. The molecule has 8 nitrogen and oxygen atoms in total. The van der Waals surface area contributed by atoms with Gasteiger partial charge in [0.05, 0.1) is 43.3 Å². The van der Waals surface area contributed by atoms with Crippen molar-refractivity contribution in [2.45, 2.75) is 25.2 Å². The Labute approximate surface area is 152 Å². The molecular weight excluding hydrogens is 336 g/mol. The first kappa shape index (κ1) is 17.2. The number of aromatic amines is 1. The van der Waals surface area contributed by atoms with E-state index in [1.54, 1.807) is 23.0 Å². The van der Waals surface area contributed by atoms with Crippen LogP contribution in [0.4, 0.5) is 0 Å². The average Bonchev–Trinajstić information content (AvgIpc) is 3.38. The fraction of sp³-hybridized carbons (Fsp3) is 0.611. The summed E-state index contributed by atoms with van der Waals surface area (Å²) in [5.74, 6) is -1.00. The summed E-state index contributed by atoms with van der Waals surface area (Å²) >= 11 is 0. The number of H-pyrrole nitrogens is 1. The third kappa shape index (κ3) is 2.64. The largest absolute Gasteiger partial charge is 0.380 e. The van der Waals surface area contributed by atoms with E-state index in [2.05, 4.69) is 10.2 Å². The molecule has 8 heteroatoms. The van der Waals surface area contributed by atoms with E-state index in [0.29, 0.717) is 32.8 Å². The van der Waals surface area contributed by atoms with Gasteiger partial charge in [-0.1, -0.05) is 12.2 Å². The molecule has 3 aliphatic rings. The molecule has 26 heavy (non-hydrogen) atoms. The minimum absolute atomic E-state index is 0.00940. The van der Waals surface area contributed by atoms with Crippen LogP contribution >= 0.6 is 0 Å². The number of nitrogens with zero attached hydrogens (tertiary/aromatic N) is 3. The van der Waals surface area contributed by atoms with Crippen LogP contribution in [-0.2, 0) is 25.6 Å². The molecule has 1 spiro atoms. The number of likely N-dealkylation sites (tertiary alicyclic amines) is 1. The Morgan fingerprint density at radius 3 is 3.15 bits per heavy atom. The molecule has 4 rings (SSSR count). The summed E-state index contributed by atoms with van der Waals surface area (Å²) in [6.45, 7) is 4.48. The molecule has 1 N–H and O–H groups in total. The number of rotatable bonds is 7. The lowest BCUT2D eigenvalue weighted by Crippen LogP contribution is -2.44. The van der Waals surface area contributed by atoms with Gasteiger partial charge in [0.1, 0.15) is 5.60 Å². The molecule has 0 saturated carbocycles. The molecular formula is C18H24N4O4. The van der Waals surface area contributed by atoms with E-state index in [1.165, 1.54) is 0 Å². The van der Waals surface area contributed by atoms with E-state index >= 15 is 0 Å². The first-order valence-electron chi connectivity index (χ1n) is 9.02. The topological polar surface area (TPSA) is 87.8 Å². The van der Waals surface area contributed by atoms with E-state index in [-0.39, 0.29) is 17.9 Å². The number of hydrogen-bond acceptors (Lipinski definition) is 5. The first-order chi connectivity index (χ1) is 12.6. The maximum absolute atomic E-state index is 13.1. The second-order valence-corrected chi connectivity index (χ2v) is 7.13. The van der Waals surface area contributed by atoms with Crippen LogP contribution in [0, 0.1) is 11.8 Å². The lowest BCUT2D eigenvalue weighted by Gasteiger charge is -2.27. The van der Waals surface area contributed by atoms with E-state index in [9.17, 15) is 9.59 Å². The molecule has 4 atom stereocenters. The minimum Gasteiger partial charge on any atom is -0.380 e. The van der Waals surface area contributed by atoms with Gasteiger partial charge in [-0.15, -0.1) is 0 Å². The highest BCUT2D eigenvalue weighted by Crippen LogP contribution is 2.52. The number of carbonyl (C=O) groups excluding carboxylic acids is 2. The summed E-state index contributed by atoms with van der Waals surface area (Å²) in [5.41, 5.74) is 0.189. The number of fused-ring (bicyclic) bond motifs is 1. The summed E-state index contributed by atoms with van der Waals surface area (Å²) in [4.78, 5) is 29.5. The molecule has 1 aromatic heterocycles. The van der Waals surface area contributed by atoms with E-state index in [1.807, 2.05) is 25.1 Å². The maximum Gasteiger partial charge on any atom is 0.230 e. The van der Waals surface area contributed by atoms with Crippen LogP contribution in [0.25, 0.3) is 0 Å². The molecule has 2 bridgehead atoms. The Morgan fingerprint density at radius 1 is 1.58 bits per heavy atom. The number of aromatic nitrogens is 2. The van der Waals surface area contributed by atoms with Crippen molar-refractivity contribution >= 4 is 11.8 Å². The van der Waals surface area contributed by atoms with Gasteiger partial charge in [0.25, 0.3) is 0 Å². The lowest BCUT2D eigenvalue weighted by molar-refractivity contribution is -0.143. The Balaban J connectivity index is 1.50. The molecule has 2 saturated heterocycles. The van der Waals surface area contributed by atoms with Gasteiger partial charge >= 0.3 is 0 Å². The van der Waals surface area contributed by atoms with Gasteiger partial charge in [0.15, 0.2) is 0 Å². The Morgan fingerprint density at radius 2 is 2.42 bits per heavy atom. The van der Waals surface area contributed by atoms with Crippen LogP contribution < -0.4 is 0 Å². The van der Waals surface area contributed by atoms with Crippen LogP contribution in [0.2, 0.25) is 0 Å².